The summed E-state index contributed by atoms with van der Waals surface area (Å²) >= 11 is 0. The van der Waals surface area contributed by atoms with Crippen LogP contribution in [0.2, 0.25) is 0 Å². The van der Waals surface area contributed by atoms with Crippen LogP contribution in [-0.2, 0) is 6.54 Å². The largest absolute Gasteiger partial charge is 0.308 e. The molecule has 0 aliphatic heterocycles. The number of aromatic nitrogens is 1. The highest BCUT2D eigenvalue weighted by Crippen LogP contribution is 2.34. The lowest BCUT2D eigenvalue weighted by atomic mass is 10.1. The second-order valence-corrected chi connectivity index (χ2v) is 4.99. The Morgan fingerprint density at radius 2 is 2.25 bits per heavy atom. The first kappa shape index (κ1) is 11.6. The Labute approximate surface area is 98.5 Å². The molecule has 1 unspecified atom stereocenters. The van der Waals surface area contributed by atoms with Gasteiger partial charge in [0.25, 0.3) is 0 Å². The van der Waals surface area contributed by atoms with Crippen molar-refractivity contribution < 1.29 is 0 Å². The first-order chi connectivity index (χ1) is 7.78. The zero-order valence-corrected chi connectivity index (χ0v) is 10.4. The topological polar surface area (TPSA) is 24.9 Å². The first-order valence-electron chi connectivity index (χ1n) is 6.43. The van der Waals surface area contributed by atoms with Crippen molar-refractivity contribution in [1.82, 2.24) is 10.3 Å². The summed E-state index contributed by atoms with van der Waals surface area (Å²) in [6.07, 6.45) is 7.41. The minimum atomic E-state index is 0.676. The van der Waals surface area contributed by atoms with Gasteiger partial charge in [0.05, 0.1) is 5.69 Å². The van der Waals surface area contributed by atoms with Crippen LogP contribution < -0.4 is 5.32 Å². The van der Waals surface area contributed by atoms with Gasteiger partial charge in [-0.15, -0.1) is 0 Å². The molecule has 1 aromatic heterocycles. The molecule has 1 N–H and O–H groups in total. The molecule has 1 aliphatic carbocycles. The van der Waals surface area contributed by atoms with Gasteiger partial charge in [-0.3, -0.25) is 4.98 Å². The standard InChI is InChI=1S/C14H22N2/c1-3-13(8-12-5-6-12)16-10-14-7-4-11(2)9-15-14/h4,7,9,12-13,16H,3,5-6,8,10H2,1-2H3. The number of hydrogen-bond acceptors (Lipinski definition) is 2. The monoisotopic (exact) mass is 218 g/mol. The maximum absolute atomic E-state index is 4.42. The molecule has 2 heteroatoms. The molecule has 2 nitrogen and oxygen atoms in total. The van der Waals surface area contributed by atoms with Crippen molar-refractivity contribution in [3.8, 4) is 0 Å². The van der Waals surface area contributed by atoms with E-state index in [1.54, 1.807) is 0 Å². The van der Waals surface area contributed by atoms with Crippen molar-refractivity contribution >= 4 is 0 Å². The van der Waals surface area contributed by atoms with Gasteiger partial charge >= 0.3 is 0 Å². The minimum Gasteiger partial charge on any atom is -0.308 e. The van der Waals surface area contributed by atoms with Crippen LogP contribution >= 0.6 is 0 Å². The molecule has 0 bridgehead atoms. The van der Waals surface area contributed by atoms with Crippen molar-refractivity contribution in [2.24, 2.45) is 5.92 Å². The van der Waals surface area contributed by atoms with Gasteiger partial charge < -0.3 is 5.32 Å². The minimum absolute atomic E-state index is 0.676. The van der Waals surface area contributed by atoms with Crippen molar-refractivity contribution in [1.29, 1.82) is 0 Å². The van der Waals surface area contributed by atoms with Crippen LogP contribution in [0.15, 0.2) is 18.3 Å². The Kier molecular flexibility index (Phi) is 3.94. The fraction of sp³-hybridized carbons (Fsp3) is 0.643. The fourth-order valence-corrected chi connectivity index (χ4v) is 2.00. The molecular weight excluding hydrogens is 196 g/mol. The van der Waals surface area contributed by atoms with Gasteiger partial charge in [-0.25, -0.2) is 0 Å². The Bertz CT molecular complexity index is 314. The van der Waals surface area contributed by atoms with Gasteiger partial charge in [0.15, 0.2) is 0 Å². The third kappa shape index (κ3) is 3.60. The third-order valence-electron chi connectivity index (χ3n) is 3.35. The molecule has 0 amide bonds. The number of pyridine rings is 1. The second kappa shape index (κ2) is 5.44. The summed E-state index contributed by atoms with van der Waals surface area (Å²) < 4.78 is 0. The molecule has 2 rings (SSSR count). The summed E-state index contributed by atoms with van der Waals surface area (Å²) in [5.74, 6) is 1.00. The second-order valence-electron chi connectivity index (χ2n) is 4.99. The molecule has 1 atom stereocenters. The highest BCUT2D eigenvalue weighted by Gasteiger charge is 2.24. The summed E-state index contributed by atoms with van der Waals surface area (Å²) in [7, 11) is 0. The summed E-state index contributed by atoms with van der Waals surface area (Å²) in [5, 5.41) is 3.61. The van der Waals surface area contributed by atoms with E-state index in [1.807, 2.05) is 6.20 Å². The Morgan fingerprint density at radius 3 is 2.81 bits per heavy atom. The molecule has 1 aliphatic rings. The van der Waals surface area contributed by atoms with E-state index < -0.39 is 0 Å². The fourth-order valence-electron chi connectivity index (χ4n) is 2.00. The van der Waals surface area contributed by atoms with Crippen LogP contribution in [0.4, 0.5) is 0 Å². The van der Waals surface area contributed by atoms with Gasteiger partial charge in [-0.1, -0.05) is 25.8 Å². The predicted octanol–water partition coefficient (Wildman–Crippen LogP) is 3.06. The van der Waals surface area contributed by atoms with E-state index in [2.05, 4.69) is 36.3 Å². The Balaban J connectivity index is 1.77. The first-order valence-corrected chi connectivity index (χ1v) is 6.43. The molecule has 1 aromatic rings. The lowest BCUT2D eigenvalue weighted by molar-refractivity contribution is 0.442. The third-order valence-corrected chi connectivity index (χ3v) is 3.35. The predicted molar refractivity (Wildman–Crippen MR) is 67.2 cm³/mol. The van der Waals surface area contributed by atoms with Crippen molar-refractivity contribution in [2.75, 3.05) is 0 Å². The van der Waals surface area contributed by atoms with Crippen LogP contribution in [0, 0.1) is 12.8 Å². The van der Waals surface area contributed by atoms with Gasteiger partial charge in [0.2, 0.25) is 0 Å². The van der Waals surface area contributed by atoms with Crippen LogP contribution in [0.3, 0.4) is 0 Å². The number of aryl methyl sites for hydroxylation is 1. The Morgan fingerprint density at radius 1 is 1.44 bits per heavy atom. The quantitative estimate of drug-likeness (QED) is 0.793. The maximum Gasteiger partial charge on any atom is 0.0541 e. The molecule has 88 valence electrons. The SMILES string of the molecule is CCC(CC1CC1)NCc1ccc(C)cn1. The normalized spacial score (nSPS) is 17.4. The van der Waals surface area contributed by atoms with E-state index in [1.165, 1.54) is 31.2 Å². The highest BCUT2D eigenvalue weighted by molar-refractivity contribution is 5.12. The van der Waals surface area contributed by atoms with Gasteiger partial charge in [-0.2, -0.15) is 0 Å². The van der Waals surface area contributed by atoms with Crippen LogP contribution in [0.1, 0.15) is 43.9 Å². The van der Waals surface area contributed by atoms with Crippen molar-refractivity contribution in [3.05, 3.63) is 29.6 Å². The van der Waals surface area contributed by atoms with Crippen LogP contribution in [0.5, 0.6) is 0 Å². The van der Waals surface area contributed by atoms with Crippen molar-refractivity contribution in [2.45, 2.75) is 52.1 Å². The molecular formula is C14H22N2. The van der Waals surface area contributed by atoms with E-state index in [-0.39, 0.29) is 0 Å². The zero-order chi connectivity index (χ0) is 11.4. The highest BCUT2D eigenvalue weighted by atomic mass is 14.9. The number of hydrogen-bond donors (Lipinski definition) is 1. The smallest absolute Gasteiger partial charge is 0.0541 e. The number of nitrogens with zero attached hydrogens (tertiary/aromatic N) is 1. The lowest BCUT2D eigenvalue weighted by Gasteiger charge is -2.16. The summed E-state index contributed by atoms with van der Waals surface area (Å²) in [6, 6.07) is 4.92. The van der Waals surface area contributed by atoms with Crippen LogP contribution in [0.25, 0.3) is 0 Å². The van der Waals surface area contributed by atoms with Gasteiger partial charge in [0.1, 0.15) is 0 Å². The average Bonchev–Trinajstić information content (AvgIpc) is 3.10. The van der Waals surface area contributed by atoms with Gasteiger partial charge in [-0.05, 0) is 37.3 Å². The molecule has 1 fully saturated rings. The van der Waals surface area contributed by atoms with E-state index >= 15 is 0 Å². The zero-order valence-electron chi connectivity index (χ0n) is 10.4. The van der Waals surface area contributed by atoms with E-state index in [0.717, 1.165) is 18.2 Å². The molecule has 16 heavy (non-hydrogen) atoms. The molecule has 0 spiro atoms. The molecule has 1 heterocycles. The summed E-state index contributed by atoms with van der Waals surface area (Å²) in [5.41, 5.74) is 2.38. The van der Waals surface area contributed by atoms with E-state index in [4.69, 9.17) is 0 Å². The van der Waals surface area contributed by atoms with Gasteiger partial charge in [0, 0.05) is 18.8 Å². The summed E-state index contributed by atoms with van der Waals surface area (Å²) in [6.45, 7) is 5.25. The van der Waals surface area contributed by atoms with Crippen LogP contribution in [-0.4, -0.2) is 11.0 Å². The maximum atomic E-state index is 4.42. The molecule has 1 saturated carbocycles. The molecule has 0 aromatic carbocycles. The number of rotatable bonds is 6. The van der Waals surface area contributed by atoms with E-state index in [0.29, 0.717) is 6.04 Å². The van der Waals surface area contributed by atoms with E-state index in [9.17, 15) is 0 Å². The summed E-state index contributed by atoms with van der Waals surface area (Å²) in [4.78, 5) is 4.42. The lowest BCUT2D eigenvalue weighted by Crippen LogP contribution is -2.28. The van der Waals surface area contributed by atoms with Crippen molar-refractivity contribution in [3.63, 3.8) is 0 Å². The number of nitrogens with one attached hydrogen (secondary N) is 1. The molecule has 0 saturated heterocycles. The Hall–Kier alpha value is -0.890. The molecule has 0 radical (unpaired) electrons. The average molecular weight is 218 g/mol.